The monoisotopic (exact) mass is 632 g/mol. The number of hydrogen-bond acceptors (Lipinski definition) is 7. The van der Waals surface area contributed by atoms with Gasteiger partial charge in [0.1, 0.15) is 17.4 Å². The van der Waals surface area contributed by atoms with E-state index in [-0.39, 0.29) is 30.2 Å². The Morgan fingerprint density at radius 2 is 1.47 bits per heavy atom. The molecule has 1 N–H and O–H groups in total. The molecule has 10 heteroatoms. The molecular formula is C35H40N2O7S. The maximum atomic E-state index is 14.6. The Morgan fingerprint density at radius 1 is 0.867 bits per heavy atom. The van der Waals surface area contributed by atoms with E-state index in [9.17, 15) is 18.0 Å². The number of hydrogen-bond donors (Lipinski definition) is 1. The Balaban J connectivity index is 2.04. The van der Waals surface area contributed by atoms with Crippen molar-refractivity contribution in [3.8, 4) is 0 Å². The first-order valence-corrected chi connectivity index (χ1v) is 16.2. The molecule has 0 fully saturated rings. The minimum absolute atomic E-state index is 0.0194. The van der Waals surface area contributed by atoms with Gasteiger partial charge in [-0.2, -0.15) is 4.72 Å². The molecule has 4 aromatic rings. The Morgan fingerprint density at radius 3 is 2.00 bits per heavy atom. The van der Waals surface area contributed by atoms with Crippen LogP contribution >= 0.6 is 0 Å². The topological polar surface area (TPSA) is 115 Å². The molecule has 9 nitrogen and oxygen atoms in total. The van der Waals surface area contributed by atoms with E-state index in [4.69, 9.17) is 13.9 Å². The zero-order chi connectivity index (χ0) is 32.7. The number of carbonyl (C=O) groups is 2. The lowest BCUT2D eigenvalue weighted by Crippen LogP contribution is -2.65. The summed E-state index contributed by atoms with van der Waals surface area (Å²) >= 11 is 0. The third-order valence-corrected chi connectivity index (χ3v) is 8.57. The first-order valence-electron chi connectivity index (χ1n) is 14.7. The molecule has 45 heavy (non-hydrogen) atoms. The molecule has 3 aromatic carbocycles. The number of amides is 1. The van der Waals surface area contributed by atoms with Gasteiger partial charge in [-0.05, 0) is 70.0 Å². The van der Waals surface area contributed by atoms with Crippen molar-refractivity contribution < 1.29 is 31.9 Å². The Labute approximate surface area is 265 Å². The minimum atomic E-state index is -4.29. The van der Waals surface area contributed by atoms with E-state index in [2.05, 4.69) is 4.72 Å². The number of ether oxygens (including phenoxy) is 2. The molecule has 0 saturated carbocycles. The molecule has 0 spiro atoms. The molecule has 4 rings (SSSR count). The molecule has 2 unspecified atom stereocenters. The normalized spacial score (nSPS) is 13.8. The average Bonchev–Trinajstić information content (AvgIpc) is 3.53. The summed E-state index contributed by atoms with van der Waals surface area (Å²) < 4.78 is 48.4. The van der Waals surface area contributed by atoms with Crippen LogP contribution in [0.25, 0.3) is 0 Å². The van der Waals surface area contributed by atoms with Crippen molar-refractivity contribution in [1.82, 2.24) is 9.62 Å². The molecule has 0 aliphatic rings. The largest absolute Gasteiger partial charge is 0.468 e. The highest BCUT2D eigenvalue weighted by molar-refractivity contribution is 7.89. The van der Waals surface area contributed by atoms with Crippen molar-refractivity contribution in [2.24, 2.45) is 0 Å². The maximum Gasteiger partial charge on any atom is 0.411 e. The summed E-state index contributed by atoms with van der Waals surface area (Å²) in [6.45, 7) is 8.53. The fourth-order valence-electron chi connectivity index (χ4n) is 5.06. The molecule has 1 amide bonds. The highest BCUT2D eigenvalue weighted by Gasteiger charge is 2.57. The molecule has 0 saturated heterocycles. The van der Waals surface area contributed by atoms with E-state index >= 15 is 0 Å². The molecule has 2 atom stereocenters. The molecule has 0 aliphatic carbocycles. The Bertz CT molecular complexity index is 1650. The van der Waals surface area contributed by atoms with E-state index < -0.39 is 39.3 Å². The second-order valence-corrected chi connectivity index (χ2v) is 13.5. The maximum absolute atomic E-state index is 14.6. The number of sulfonamides is 1. The van der Waals surface area contributed by atoms with E-state index in [1.54, 1.807) is 76.2 Å². The van der Waals surface area contributed by atoms with Gasteiger partial charge < -0.3 is 13.9 Å². The highest BCUT2D eigenvalue weighted by Crippen LogP contribution is 2.40. The van der Waals surface area contributed by atoms with E-state index in [1.165, 1.54) is 23.3 Å². The number of benzene rings is 3. The molecule has 0 aliphatic heterocycles. The Hall–Kier alpha value is -4.41. The molecule has 238 valence electrons. The van der Waals surface area contributed by atoms with E-state index in [1.807, 2.05) is 43.3 Å². The molecule has 1 aromatic heterocycles. The van der Waals surface area contributed by atoms with Gasteiger partial charge in [0.25, 0.3) is 0 Å². The Kier molecular flexibility index (Phi) is 10.5. The van der Waals surface area contributed by atoms with Crippen molar-refractivity contribution in [3.05, 3.63) is 126 Å². The van der Waals surface area contributed by atoms with E-state index in [0.29, 0.717) is 11.1 Å². The van der Waals surface area contributed by atoms with Crippen molar-refractivity contribution in [2.75, 3.05) is 6.61 Å². The lowest BCUT2D eigenvalue weighted by Gasteiger charge is -2.46. The first kappa shape index (κ1) is 33.5. The van der Waals surface area contributed by atoms with Crippen LogP contribution in [0.5, 0.6) is 0 Å². The van der Waals surface area contributed by atoms with Gasteiger partial charge in [-0.25, -0.2) is 18.0 Å². The van der Waals surface area contributed by atoms with Crippen molar-refractivity contribution in [1.29, 1.82) is 0 Å². The third kappa shape index (κ3) is 8.20. The van der Waals surface area contributed by atoms with Crippen molar-refractivity contribution in [3.63, 3.8) is 0 Å². The number of nitrogens with one attached hydrogen (secondary N) is 1. The van der Waals surface area contributed by atoms with Crippen LogP contribution in [0, 0.1) is 6.92 Å². The van der Waals surface area contributed by atoms with Crippen LogP contribution < -0.4 is 4.72 Å². The minimum Gasteiger partial charge on any atom is -0.468 e. The van der Waals surface area contributed by atoms with Crippen LogP contribution in [0.1, 0.15) is 56.2 Å². The summed E-state index contributed by atoms with van der Waals surface area (Å²) in [5, 5.41) is 0. The van der Waals surface area contributed by atoms with Crippen LogP contribution in [0.15, 0.2) is 113 Å². The lowest BCUT2D eigenvalue weighted by atomic mass is 9.80. The van der Waals surface area contributed by atoms with Gasteiger partial charge in [0.15, 0.2) is 5.54 Å². The summed E-state index contributed by atoms with van der Waals surface area (Å²) in [5.41, 5.74) is -0.769. The molecular weight excluding hydrogens is 592 g/mol. The van der Waals surface area contributed by atoms with Gasteiger partial charge in [-0.15, -0.1) is 0 Å². The van der Waals surface area contributed by atoms with Gasteiger partial charge in [0.05, 0.1) is 24.3 Å². The number of furan rings is 1. The van der Waals surface area contributed by atoms with Gasteiger partial charge in [0, 0.05) is 6.42 Å². The SMILES string of the molecule is CCOC(=O)C(Cc1ccccc1)(C(NS(=O)(=O)c1ccc(C)cc1)c1ccco1)N(Cc1ccccc1)C(=O)OC(C)(C)C. The van der Waals surface area contributed by atoms with Crippen LogP contribution in [0.3, 0.4) is 0 Å². The number of carbonyl (C=O) groups excluding carboxylic acids is 2. The van der Waals surface area contributed by atoms with Crippen LogP contribution in [0.2, 0.25) is 0 Å². The first-order chi connectivity index (χ1) is 21.4. The lowest BCUT2D eigenvalue weighted by molar-refractivity contribution is -0.161. The summed E-state index contributed by atoms with van der Waals surface area (Å²) in [4.78, 5) is 30.2. The number of nitrogens with zero attached hydrogens (tertiary/aromatic N) is 1. The van der Waals surface area contributed by atoms with Crippen LogP contribution in [0.4, 0.5) is 4.79 Å². The van der Waals surface area contributed by atoms with Crippen molar-refractivity contribution >= 4 is 22.1 Å². The quantitative estimate of drug-likeness (QED) is 0.175. The molecule has 1 heterocycles. The van der Waals surface area contributed by atoms with Gasteiger partial charge in [0.2, 0.25) is 10.0 Å². The zero-order valence-corrected chi connectivity index (χ0v) is 27.0. The number of esters is 1. The fraction of sp³-hybridized carbons (Fsp3) is 0.314. The van der Waals surface area contributed by atoms with Gasteiger partial charge in [-0.1, -0.05) is 78.4 Å². The number of rotatable bonds is 12. The second-order valence-electron chi connectivity index (χ2n) is 11.7. The smallest absolute Gasteiger partial charge is 0.411 e. The van der Waals surface area contributed by atoms with Crippen LogP contribution in [-0.2, 0) is 37.3 Å². The fourth-order valence-corrected chi connectivity index (χ4v) is 6.31. The summed E-state index contributed by atoms with van der Waals surface area (Å²) in [7, 11) is -4.29. The average molecular weight is 633 g/mol. The second kappa shape index (κ2) is 14.1. The predicted octanol–water partition coefficient (Wildman–Crippen LogP) is 6.59. The summed E-state index contributed by atoms with van der Waals surface area (Å²) in [6, 6.07) is 26.2. The number of aryl methyl sites for hydroxylation is 1. The van der Waals surface area contributed by atoms with Crippen molar-refractivity contribution in [2.45, 2.75) is 69.7 Å². The van der Waals surface area contributed by atoms with Gasteiger partial charge >= 0.3 is 12.1 Å². The summed E-state index contributed by atoms with van der Waals surface area (Å²) in [5.74, 6) is -0.722. The predicted molar refractivity (Wildman–Crippen MR) is 171 cm³/mol. The summed E-state index contributed by atoms with van der Waals surface area (Å²) in [6.07, 6.45) is 0.415. The molecule has 0 bridgehead atoms. The zero-order valence-electron chi connectivity index (χ0n) is 26.2. The third-order valence-electron chi connectivity index (χ3n) is 7.13. The van der Waals surface area contributed by atoms with Gasteiger partial charge in [-0.3, -0.25) is 4.90 Å². The van der Waals surface area contributed by atoms with E-state index in [0.717, 1.165) is 5.56 Å². The van der Waals surface area contributed by atoms with Crippen LogP contribution in [-0.4, -0.2) is 43.1 Å². The highest BCUT2D eigenvalue weighted by atomic mass is 32.2. The standard InChI is InChI=1S/C35H40N2O7S/c1-6-42-32(38)35(24-27-14-9-7-10-15-27,37(33(39)44-34(3,4)5)25-28-16-11-8-12-17-28)31(30-18-13-23-43-30)36-45(40,41)29-21-19-26(2)20-22-29/h7-23,31,36H,6,24-25H2,1-5H3. The molecule has 0 radical (unpaired) electrons.